The van der Waals surface area contributed by atoms with Crippen molar-refractivity contribution in [2.75, 3.05) is 13.1 Å². The molecule has 17 heavy (non-hydrogen) atoms. The lowest BCUT2D eigenvalue weighted by Crippen LogP contribution is -2.35. The molecule has 0 saturated carbocycles. The van der Waals surface area contributed by atoms with Gasteiger partial charge in [-0.1, -0.05) is 30.7 Å². The second kappa shape index (κ2) is 7.30. The highest BCUT2D eigenvalue weighted by atomic mass is 35.5. The van der Waals surface area contributed by atoms with Gasteiger partial charge in [-0.3, -0.25) is 4.79 Å². The summed E-state index contributed by atoms with van der Waals surface area (Å²) in [6.45, 7) is 3.01. The van der Waals surface area contributed by atoms with Crippen LogP contribution in [0.2, 0.25) is 5.02 Å². The maximum atomic E-state index is 11.6. The molecule has 1 atom stereocenters. The lowest BCUT2D eigenvalue weighted by atomic mass is 10.1. The Hall–Kier alpha value is -1.06. The van der Waals surface area contributed by atoms with Crippen molar-refractivity contribution in [3.63, 3.8) is 0 Å². The van der Waals surface area contributed by atoms with E-state index >= 15 is 0 Å². The molecule has 94 valence electrons. The second-order valence-electron chi connectivity index (χ2n) is 4.01. The number of halogens is 1. The van der Waals surface area contributed by atoms with Crippen LogP contribution >= 0.6 is 11.6 Å². The first kappa shape index (κ1) is 14.0. The Bertz CT molecular complexity index is 347. The highest BCUT2D eigenvalue weighted by Crippen LogP contribution is 2.09. The number of amides is 1. The highest BCUT2D eigenvalue weighted by molar-refractivity contribution is 6.30. The Morgan fingerprint density at radius 3 is 2.59 bits per heavy atom. The van der Waals surface area contributed by atoms with Crippen LogP contribution in [0.5, 0.6) is 0 Å². The fourth-order valence-corrected chi connectivity index (χ4v) is 1.71. The van der Waals surface area contributed by atoms with E-state index in [0.29, 0.717) is 13.1 Å². The molecule has 0 aromatic heterocycles. The number of hydrogen-bond acceptors (Lipinski definition) is 2. The third-order valence-electron chi connectivity index (χ3n) is 2.77. The zero-order valence-corrected chi connectivity index (χ0v) is 10.8. The van der Waals surface area contributed by atoms with Crippen molar-refractivity contribution in [1.82, 2.24) is 5.32 Å². The summed E-state index contributed by atoms with van der Waals surface area (Å²) < 4.78 is 0. The van der Waals surface area contributed by atoms with Crippen molar-refractivity contribution in [3.05, 3.63) is 34.9 Å². The first-order chi connectivity index (χ1) is 8.17. The van der Waals surface area contributed by atoms with Gasteiger partial charge in [0.1, 0.15) is 0 Å². The average molecular weight is 255 g/mol. The Balaban J connectivity index is 2.32. The summed E-state index contributed by atoms with van der Waals surface area (Å²) in [6.07, 6.45) is 1.59. The van der Waals surface area contributed by atoms with Crippen LogP contribution in [-0.4, -0.2) is 19.0 Å². The summed E-state index contributed by atoms with van der Waals surface area (Å²) in [6, 6.07) is 7.64. The van der Waals surface area contributed by atoms with E-state index < -0.39 is 0 Å². The quantitative estimate of drug-likeness (QED) is 0.816. The third-order valence-corrected chi connectivity index (χ3v) is 3.03. The molecule has 0 saturated heterocycles. The van der Waals surface area contributed by atoms with E-state index in [1.807, 2.05) is 31.2 Å². The number of nitrogens with two attached hydrogens (primary N) is 1. The molecule has 1 amide bonds. The number of hydrogen-bond donors (Lipinski definition) is 2. The number of carbonyl (C=O) groups is 1. The summed E-state index contributed by atoms with van der Waals surface area (Å²) >= 11 is 5.79. The Morgan fingerprint density at radius 1 is 1.41 bits per heavy atom. The van der Waals surface area contributed by atoms with Gasteiger partial charge in [0.15, 0.2) is 0 Å². The van der Waals surface area contributed by atoms with Gasteiger partial charge in [0.25, 0.3) is 0 Å². The maximum absolute atomic E-state index is 11.6. The van der Waals surface area contributed by atoms with Crippen LogP contribution in [0.15, 0.2) is 24.3 Å². The molecule has 4 heteroatoms. The van der Waals surface area contributed by atoms with Gasteiger partial charge in [-0.2, -0.15) is 0 Å². The van der Waals surface area contributed by atoms with Crippen LogP contribution < -0.4 is 11.1 Å². The van der Waals surface area contributed by atoms with Crippen molar-refractivity contribution in [2.24, 2.45) is 11.7 Å². The maximum Gasteiger partial charge on any atom is 0.224 e. The topological polar surface area (TPSA) is 55.1 Å². The van der Waals surface area contributed by atoms with Gasteiger partial charge in [-0.15, -0.1) is 0 Å². The van der Waals surface area contributed by atoms with Gasteiger partial charge < -0.3 is 11.1 Å². The van der Waals surface area contributed by atoms with Gasteiger partial charge in [0.05, 0.1) is 0 Å². The van der Waals surface area contributed by atoms with Crippen LogP contribution in [0.4, 0.5) is 0 Å². The van der Waals surface area contributed by atoms with E-state index in [4.69, 9.17) is 17.3 Å². The minimum Gasteiger partial charge on any atom is -0.355 e. The summed E-state index contributed by atoms with van der Waals surface area (Å²) in [5, 5.41) is 3.62. The van der Waals surface area contributed by atoms with Gasteiger partial charge in [-0.25, -0.2) is 0 Å². The van der Waals surface area contributed by atoms with E-state index in [0.717, 1.165) is 23.4 Å². The Labute approximate surface area is 107 Å². The molecule has 0 heterocycles. The van der Waals surface area contributed by atoms with Crippen molar-refractivity contribution < 1.29 is 4.79 Å². The van der Waals surface area contributed by atoms with Gasteiger partial charge in [-0.05, 0) is 30.5 Å². The number of nitrogens with one attached hydrogen (secondary N) is 1. The lowest BCUT2D eigenvalue weighted by Gasteiger charge is -2.12. The summed E-state index contributed by atoms with van der Waals surface area (Å²) in [5.41, 5.74) is 6.67. The normalized spacial score (nSPS) is 12.2. The zero-order valence-electron chi connectivity index (χ0n) is 10.1. The molecule has 1 rings (SSSR count). The molecule has 0 radical (unpaired) electrons. The predicted octanol–water partition coefficient (Wildman–Crippen LogP) is 1.98. The fourth-order valence-electron chi connectivity index (χ4n) is 1.58. The molecule has 0 fully saturated rings. The molecule has 0 aliphatic rings. The molecular formula is C13H19ClN2O. The number of rotatable bonds is 6. The molecule has 1 aromatic carbocycles. The Kier molecular flexibility index (Phi) is 6.01. The standard InChI is InChI=1S/C13H19ClN2O/c1-2-11(9-15)13(17)16-8-7-10-3-5-12(14)6-4-10/h3-6,11H,2,7-9,15H2,1H3,(H,16,17). The van der Waals surface area contributed by atoms with Crippen molar-refractivity contribution in [3.8, 4) is 0 Å². The third kappa shape index (κ3) is 4.75. The van der Waals surface area contributed by atoms with Crippen LogP contribution in [0.3, 0.4) is 0 Å². The van der Waals surface area contributed by atoms with E-state index in [9.17, 15) is 4.79 Å². The minimum atomic E-state index is -0.0692. The van der Waals surface area contributed by atoms with Crippen molar-refractivity contribution in [2.45, 2.75) is 19.8 Å². The van der Waals surface area contributed by atoms with E-state index in [-0.39, 0.29) is 11.8 Å². The number of carbonyl (C=O) groups excluding carboxylic acids is 1. The summed E-state index contributed by atoms with van der Waals surface area (Å²) in [7, 11) is 0. The molecule has 0 aliphatic carbocycles. The molecule has 3 N–H and O–H groups in total. The summed E-state index contributed by atoms with van der Waals surface area (Å²) in [4.78, 5) is 11.6. The molecule has 1 aromatic rings. The lowest BCUT2D eigenvalue weighted by molar-refractivity contribution is -0.124. The van der Waals surface area contributed by atoms with E-state index in [1.165, 1.54) is 0 Å². The zero-order chi connectivity index (χ0) is 12.7. The monoisotopic (exact) mass is 254 g/mol. The van der Waals surface area contributed by atoms with Crippen molar-refractivity contribution in [1.29, 1.82) is 0 Å². The largest absolute Gasteiger partial charge is 0.355 e. The molecule has 0 bridgehead atoms. The first-order valence-corrected chi connectivity index (χ1v) is 6.27. The smallest absolute Gasteiger partial charge is 0.224 e. The van der Waals surface area contributed by atoms with Crippen LogP contribution in [0.1, 0.15) is 18.9 Å². The summed E-state index contributed by atoms with van der Waals surface area (Å²) in [5.74, 6) is -0.0239. The average Bonchev–Trinajstić information content (AvgIpc) is 2.33. The SMILES string of the molecule is CCC(CN)C(=O)NCCc1ccc(Cl)cc1. The van der Waals surface area contributed by atoms with Crippen LogP contribution in [0, 0.1) is 5.92 Å². The van der Waals surface area contributed by atoms with Gasteiger partial charge in [0.2, 0.25) is 5.91 Å². The van der Waals surface area contributed by atoms with Gasteiger partial charge >= 0.3 is 0 Å². The van der Waals surface area contributed by atoms with Gasteiger partial charge in [0, 0.05) is 24.0 Å². The highest BCUT2D eigenvalue weighted by Gasteiger charge is 2.13. The minimum absolute atomic E-state index is 0.0453. The second-order valence-corrected chi connectivity index (χ2v) is 4.44. The molecular weight excluding hydrogens is 236 g/mol. The fraction of sp³-hybridized carbons (Fsp3) is 0.462. The molecule has 0 spiro atoms. The first-order valence-electron chi connectivity index (χ1n) is 5.89. The van der Waals surface area contributed by atoms with E-state index in [1.54, 1.807) is 0 Å². The molecule has 3 nitrogen and oxygen atoms in total. The molecule has 0 aliphatic heterocycles. The van der Waals surface area contributed by atoms with Crippen LogP contribution in [-0.2, 0) is 11.2 Å². The molecule has 1 unspecified atom stereocenters. The predicted molar refractivity (Wildman–Crippen MR) is 71.0 cm³/mol. The van der Waals surface area contributed by atoms with Crippen LogP contribution in [0.25, 0.3) is 0 Å². The van der Waals surface area contributed by atoms with E-state index in [2.05, 4.69) is 5.32 Å². The Morgan fingerprint density at radius 2 is 2.06 bits per heavy atom. The van der Waals surface area contributed by atoms with Crippen molar-refractivity contribution >= 4 is 17.5 Å². The number of benzene rings is 1.